The predicted molar refractivity (Wildman–Crippen MR) is 141 cm³/mol. The lowest BCUT2D eigenvalue weighted by atomic mass is 9.78. The van der Waals surface area contributed by atoms with Crippen LogP contribution in [-0.4, -0.2) is 38.0 Å². The van der Waals surface area contributed by atoms with Gasteiger partial charge in [-0.15, -0.1) is 11.8 Å². The third-order valence-corrected chi connectivity index (χ3v) is 7.49. The molecule has 0 fully saturated rings. The minimum atomic E-state index is -0.00421. The first kappa shape index (κ1) is 28.0. The molecule has 0 aliphatic carbocycles. The lowest BCUT2D eigenvalue weighted by Crippen LogP contribution is -2.21. The Bertz CT molecular complexity index is 678. The zero-order valence-corrected chi connectivity index (χ0v) is 22.9. The maximum absolute atomic E-state index is 5.95. The average molecular weight is 449 g/mol. The highest BCUT2D eigenvalue weighted by molar-refractivity contribution is 8.14. The van der Waals surface area contributed by atoms with Gasteiger partial charge >= 0.3 is 0 Å². The summed E-state index contributed by atoms with van der Waals surface area (Å²) in [6, 6.07) is 4.62. The van der Waals surface area contributed by atoms with Gasteiger partial charge in [0.1, 0.15) is 5.75 Å². The van der Waals surface area contributed by atoms with Crippen LogP contribution < -0.4 is 10.1 Å². The lowest BCUT2D eigenvalue weighted by Gasteiger charge is -2.30. The zero-order valence-electron chi connectivity index (χ0n) is 22.1. The number of aliphatic imine (C=N–C) groups is 1. The second-order valence-electron chi connectivity index (χ2n) is 10.7. The first-order valence-electron chi connectivity index (χ1n) is 11.9. The Kier molecular flexibility index (Phi) is 11.1. The summed E-state index contributed by atoms with van der Waals surface area (Å²) in [5, 5.41) is 4.94. The fourth-order valence-electron chi connectivity index (χ4n) is 4.09. The molecule has 1 aromatic carbocycles. The standard InChI is InChI=1S/C27H48N2OS/c1-12-20(15-13-14-16-28-9)19(2)31-25(29-10)21-17-22(26(3,4)5)24(30-11)23(18-21)27(6,7)8/h17-20,28H,12-16H2,1-11H3. The number of ether oxygens (including phenoxy) is 1. The van der Waals surface area contributed by atoms with Gasteiger partial charge in [0.15, 0.2) is 0 Å². The maximum Gasteiger partial charge on any atom is 0.126 e. The monoisotopic (exact) mass is 448 g/mol. The molecule has 0 aliphatic rings. The fourth-order valence-corrected chi connectivity index (χ4v) is 5.32. The van der Waals surface area contributed by atoms with Crippen molar-refractivity contribution in [1.82, 2.24) is 5.32 Å². The highest BCUT2D eigenvalue weighted by atomic mass is 32.2. The summed E-state index contributed by atoms with van der Waals surface area (Å²) in [5.74, 6) is 1.73. The Morgan fingerprint density at radius 2 is 1.61 bits per heavy atom. The molecule has 0 bridgehead atoms. The Hall–Kier alpha value is -1.00. The molecule has 178 valence electrons. The zero-order chi connectivity index (χ0) is 23.8. The molecule has 0 saturated carbocycles. The van der Waals surface area contributed by atoms with E-state index in [1.807, 2.05) is 25.9 Å². The molecular formula is C27H48N2OS. The smallest absolute Gasteiger partial charge is 0.126 e. The van der Waals surface area contributed by atoms with E-state index in [1.54, 1.807) is 7.11 Å². The van der Waals surface area contributed by atoms with Crippen LogP contribution in [0.1, 0.15) is 97.8 Å². The summed E-state index contributed by atoms with van der Waals surface area (Å²) < 4.78 is 5.95. The number of hydrogen-bond acceptors (Lipinski definition) is 4. The number of methoxy groups -OCH3 is 1. The van der Waals surface area contributed by atoms with Gasteiger partial charge in [-0.05, 0) is 55.3 Å². The molecule has 0 heterocycles. The summed E-state index contributed by atoms with van der Waals surface area (Å²) in [6.07, 6.45) is 5.04. The van der Waals surface area contributed by atoms with Crippen LogP contribution in [0.15, 0.2) is 17.1 Å². The van der Waals surface area contributed by atoms with Crippen LogP contribution in [0.25, 0.3) is 0 Å². The number of benzene rings is 1. The molecule has 2 atom stereocenters. The van der Waals surface area contributed by atoms with Crippen LogP contribution in [0.4, 0.5) is 0 Å². The molecular weight excluding hydrogens is 400 g/mol. The SMILES string of the molecule is CCC(CCCCNC)C(C)SC(=NC)c1cc(C(C)(C)C)c(OC)c(C(C)(C)C)c1. The Labute approximate surface area is 197 Å². The van der Waals surface area contributed by atoms with E-state index in [9.17, 15) is 0 Å². The summed E-state index contributed by atoms with van der Waals surface area (Å²) in [7, 11) is 5.76. The molecule has 1 N–H and O–H groups in total. The van der Waals surface area contributed by atoms with Gasteiger partial charge in [0.2, 0.25) is 0 Å². The summed E-state index contributed by atoms with van der Waals surface area (Å²) in [4.78, 5) is 4.76. The first-order chi connectivity index (χ1) is 14.4. The van der Waals surface area contributed by atoms with Crippen molar-refractivity contribution >= 4 is 16.8 Å². The van der Waals surface area contributed by atoms with E-state index in [2.05, 4.69) is 72.8 Å². The molecule has 0 aromatic heterocycles. The van der Waals surface area contributed by atoms with Crippen LogP contribution in [-0.2, 0) is 10.8 Å². The minimum absolute atomic E-state index is 0.00421. The highest BCUT2D eigenvalue weighted by Crippen LogP contribution is 2.41. The summed E-state index contributed by atoms with van der Waals surface area (Å²) >= 11 is 1.94. The van der Waals surface area contributed by atoms with Gasteiger partial charge in [0.05, 0.1) is 12.2 Å². The van der Waals surface area contributed by atoms with Gasteiger partial charge in [-0.25, -0.2) is 0 Å². The van der Waals surface area contributed by atoms with E-state index in [4.69, 9.17) is 9.73 Å². The van der Waals surface area contributed by atoms with Crippen LogP contribution in [0.2, 0.25) is 0 Å². The number of nitrogens with zero attached hydrogens (tertiary/aromatic N) is 1. The highest BCUT2D eigenvalue weighted by Gasteiger charge is 2.29. The van der Waals surface area contributed by atoms with Gasteiger partial charge in [0.25, 0.3) is 0 Å². The van der Waals surface area contributed by atoms with E-state index in [1.165, 1.54) is 42.4 Å². The van der Waals surface area contributed by atoms with Gasteiger partial charge < -0.3 is 10.1 Å². The van der Waals surface area contributed by atoms with Crippen molar-refractivity contribution in [1.29, 1.82) is 0 Å². The van der Waals surface area contributed by atoms with Crippen LogP contribution in [0.5, 0.6) is 5.75 Å². The Morgan fingerprint density at radius 1 is 1.06 bits per heavy atom. The molecule has 0 radical (unpaired) electrons. The second-order valence-corrected chi connectivity index (χ2v) is 12.1. The van der Waals surface area contributed by atoms with E-state index >= 15 is 0 Å². The number of unbranched alkanes of at least 4 members (excludes halogenated alkanes) is 1. The third kappa shape index (κ3) is 8.13. The number of thioether (sulfide) groups is 1. The second kappa shape index (κ2) is 12.3. The molecule has 31 heavy (non-hydrogen) atoms. The molecule has 1 aromatic rings. The molecule has 4 heteroatoms. The number of nitrogens with one attached hydrogen (secondary N) is 1. The van der Waals surface area contributed by atoms with E-state index in [0.29, 0.717) is 11.2 Å². The van der Waals surface area contributed by atoms with Gasteiger partial charge in [-0.1, -0.05) is 68.2 Å². The van der Waals surface area contributed by atoms with Gasteiger partial charge in [-0.2, -0.15) is 0 Å². The van der Waals surface area contributed by atoms with Crippen molar-refractivity contribution < 1.29 is 4.74 Å². The van der Waals surface area contributed by atoms with Crippen molar-refractivity contribution in [2.24, 2.45) is 10.9 Å². The van der Waals surface area contributed by atoms with E-state index in [-0.39, 0.29) is 10.8 Å². The van der Waals surface area contributed by atoms with Gasteiger partial charge in [-0.3, -0.25) is 4.99 Å². The molecule has 3 nitrogen and oxygen atoms in total. The number of rotatable bonds is 10. The Morgan fingerprint density at radius 3 is 2.00 bits per heavy atom. The molecule has 0 aliphatic heterocycles. The fraction of sp³-hybridized carbons (Fsp3) is 0.741. The van der Waals surface area contributed by atoms with E-state index in [0.717, 1.165) is 17.3 Å². The van der Waals surface area contributed by atoms with Gasteiger partial charge in [0, 0.05) is 29.0 Å². The average Bonchev–Trinajstić information content (AvgIpc) is 2.69. The van der Waals surface area contributed by atoms with Crippen molar-refractivity contribution in [3.8, 4) is 5.75 Å². The molecule has 1 rings (SSSR count). The normalized spacial score (nSPS) is 15.1. The van der Waals surface area contributed by atoms with E-state index < -0.39 is 0 Å². The predicted octanol–water partition coefficient (Wildman–Crippen LogP) is 7.20. The molecule has 0 saturated heterocycles. The molecule has 0 amide bonds. The third-order valence-electron chi connectivity index (χ3n) is 6.10. The topological polar surface area (TPSA) is 33.6 Å². The van der Waals surface area contributed by atoms with Crippen molar-refractivity contribution in [3.05, 3.63) is 28.8 Å². The van der Waals surface area contributed by atoms with Crippen molar-refractivity contribution in [2.45, 2.75) is 97.2 Å². The maximum atomic E-state index is 5.95. The summed E-state index contributed by atoms with van der Waals surface area (Å²) in [6.45, 7) is 19.4. The quantitative estimate of drug-likeness (QED) is 0.233. The lowest BCUT2D eigenvalue weighted by molar-refractivity contribution is 0.381. The largest absolute Gasteiger partial charge is 0.496 e. The van der Waals surface area contributed by atoms with Crippen molar-refractivity contribution in [3.63, 3.8) is 0 Å². The number of hydrogen-bond donors (Lipinski definition) is 1. The van der Waals surface area contributed by atoms with Crippen LogP contribution in [0, 0.1) is 5.92 Å². The van der Waals surface area contributed by atoms with Crippen LogP contribution >= 0.6 is 11.8 Å². The van der Waals surface area contributed by atoms with Crippen LogP contribution in [0.3, 0.4) is 0 Å². The molecule has 2 unspecified atom stereocenters. The van der Waals surface area contributed by atoms with Crippen molar-refractivity contribution in [2.75, 3.05) is 27.7 Å². The minimum Gasteiger partial charge on any atom is -0.496 e. The molecule has 0 spiro atoms. The summed E-state index contributed by atoms with van der Waals surface area (Å²) in [5.41, 5.74) is 3.72. The first-order valence-corrected chi connectivity index (χ1v) is 12.8. The Balaban J connectivity index is 3.28.